The second-order valence-corrected chi connectivity index (χ2v) is 5.53. The van der Waals surface area contributed by atoms with E-state index in [1.165, 1.54) is 11.1 Å². The van der Waals surface area contributed by atoms with Gasteiger partial charge in [-0.05, 0) is 44.0 Å². The topological polar surface area (TPSA) is 63.3 Å². The first-order chi connectivity index (χ1) is 9.02. The molecule has 4 nitrogen and oxygen atoms in total. The van der Waals surface area contributed by atoms with Gasteiger partial charge in [0.15, 0.2) is 5.96 Å². The largest absolute Gasteiger partial charge is 0.370 e. The lowest BCUT2D eigenvalue weighted by Crippen LogP contribution is -2.22. The number of nitrogens with two attached hydrogens (primary N) is 1. The highest BCUT2D eigenvalue weighted by Gasteiger charge is 2.00. The molecule has 100 valence electrons. The number of nitrogens with zero attached hydrogens (tertiary/aromatic N) is 2. The Kier molecular flexibility index (Phi) is 4.16. The van der Waals surface area contributed by atoms with E-state index in [2.05, 4.69) is 35.2 Å². The molecule has 0 aliphatic heterocycles. The van der Waals surface area contributed by atoms with Crippen molar-refractivity contribution in [3.05, 3.63) is 45.4 Å². The smallest absolute Gasteiger partial charge is 0.193 e. The second kappa shape index (κ2) is 5.84. The van der Waals surface area contributed by atoms with Gasteiger partial charge in [0.25, 0.3) is 0 Å². The van der Waals surface area contributed by atoms with E-state index in [9.17, 15) is 0 Å². The summed E-state index contributed by atoms with van der Waals surface area (Å²) < 4.78 is 0. The number of hydrogen-bond acceptors (Lipinski definition) is 3. The van der Waals surface area contributed by atoms with Gasteiger partial charge in [0.05, 0.1) is 6.54 Å². The van der Waals surface area contributed by atoms with Crippen molar-refractivity contribution in [2.45, 2.75) is 27.3 Å². The van der Waals surface area contributed by atoms with Gasteiger partial charge in [-0.25, -0.2) is 9.98 Å². The van der Waals surface area contributed by atoms with Crippen LogP contribution in [0.25, 0.3) is 0 Å². The lowest BCUT2D eigenvalue weighted by molar-refractivity contribution is 1.01. The fraction of sp³-hybridized carbons (Fsp3) is 0.286. The molecule has 0 spiro atoms. The minimum Gasteiger partial charge on any atom is -0.370 e. The monoisotopic (exact) mass is 274 g/mol. The average molecular weight is 274 g/mol. The third-order valence-electron chi connectivity index (χ3n) is 2.55. The van der Waals surface area contributed by atoms with Gasteiger partial charge in [0.1, 0.15) is 5.01 Å². The standard InChI is InChI=1S/C14H18N4S/c1-9-4-10(2)6-12(5-9)18-14(15)16-7-13-17-11(3)8-19-13/h4-6,8H,7H2,1-3H3,(H3,15,16,18). The van der Waals surface area contributed by atoms with Crippen LogP contribution in [-0.2, 0) is 6.54 Å². The van der Waals surface area contributed by atoms with E-state index in [0.717, 1.165) is 16.4 Å². The van der Waals surface area contributed by atoms with Crippen LogP contribution in [0.2, 0.25) is 0 Å². The van der Waals surface area contributed by atoms with Crippen LogP contribution in [0.4, 0.5) is 5.69 Å². The first-order valence-electron chi connectivity index (χ1n) is 6.09. The van der Waals surface area contributed by atoms with Gasteiger partial charge in [-0.1, -0.05) is 6.07 Å². The summed E-state index contributed by atoms with van der Waals surface area (Å²) in [7, 11) is 0. The molecule has 0 unspecified atom stereocenters. The highest BCUT2D eigenvalue weighted by molar-refractivity contribution is 7.09. The zero-order valence-electron chi connectivity index (χ0n) is 11.4. The molecule has 3 N–H and O–H groups in total. The van der Waals surface area contributed by atoms with Crippen molar-refractivity contribution >= 4 is 23.0 Å². The Balaban J connectivity index is 2.01. The van der Waals surface area contributed by atoms with E-state index >= 15 is 0 Å². The van der Waals surface area contributed by atoms with Crippen molar-refractivity contribution in [3.63, 3.8) is 0 Å². The Morgan fingerprint density at radius 2 is 1.95 bits per heavy atom. The molecule has 19 heavy (non-hydrogen) atoms. The molecule has 0 saturated heterocycles. The normalized spacial score (nSPS) is 11.6. The maximum atomic E-state index is 5.88. The van der Waals surface area contributed by atoms with Crippen LogP contribution < -0.4 is 11.1 Å². The van der Waals surface area contributed by atoms with Crippen molar-refractivity contribution in [1.82, 2.24) is 4.98 Å². The predicted octanol–water partition coefficient (Wildman–Crippen LogP) is 3.00. The lowest BCUT2D eigenvalue weighted by Gasteiger charge is -2.07. The van der Waals surface area contributed by atoms with Gasteiger partial charge >= 0.3 is 0 Å². The number of anilines is 1. The van der Waals surface area contributed by atoms with Gasteiger partial charge in [0.2, 0.25) is 0 Å². The summed E-state index contributed by atoms with van der Waals surface area (Å²) in [5.74, 6) is 0.415. The molecule has 0 aliphatic carbocycles. The van der Waals surface area contributed by atoms with Gasteiger partial charge < -0.3 is 11.1 Å². The van der Waals surface area contributed by atoms with Gasteiger partial charge in [-0.15, -0.1) is 11.3 Å². The van der Waals surface area contributed by atoms with Crippen LogP contribution in [0, 0.1) is 20.8 Å². The maximum Gasteiger partial charge on any atom is 0.193 e. The Bertz CT molecular complexity index is 581. The molecule has 0 radical (unpaired) electrons. The molecule has 5 heteroatoms. The van der Waals surface area contributed by atoms with Crippen molar-refractivity contribution in [2.75, 3.05) is 5.32 Å². The third-order valence-corrected chi connectivity index (χ3v) is 3.50. The number of hydrogen-bond donors (Lipinski definition) is 2. The van der Waals surface area contributed by atoms with Crippen LogP contribution in [0.5, 0.6) is 0 Å². The molecule has 1 heterocycles. The molecular weight excluding hydrogens is 256 g/mol. The third kappa shape index (κ3) is 4.06. The number of rotatable bonds is 3. The molecule has 2 aromatic rings. The van der Waals surface area contributed by atoms with E-state index in [1.54, 1.807) is 11.3 Å². The first kappa shape index (κ1) is 13.5. The molecule has 0 saturated carbocycles. The Labute approximate surface area is 117 Å². The molecular formula is C14H18N4S. The van der Waals surface area contributed by atoms with Gasteiger partial charge in [-0.2, -0.15) is 0 Å². The average Bonchev–Trinajstić information content (AvgIpc) is 2.71. The number of thiazole rings is 1. The fourth-order valence-corrected chi connectivity index (χ4v) is 2.56. The SMILES string of the molecule is Cc1cc(C)cc(NC(N)=NCc2nc(C)cs2)c1. The summed E-state index contributed by atoms with van der Waals surface area (Å²) in [5, 5.41) is 6.09. The minimum atomic E-state index is 0.415. The summed E-state index contributed by atoms with van der Waals surface area (Å²) in [6.07, 6.45) is 0. The number of aliphatic imine (C=N–C) groups is 1. The zero-order chi connectivity index (χ0) is 13.8. The van der Waals surface area contributed by atoms with E-state index in [-0.39, 0.29) is 0 Å². The highest BCUT2D eigenvalue weighted by Crippen LogP contribution is 2.14. The van der Waals surface area contributed by atoms with E-state index in [0.29, 0.717) is 12.5 Å². The van der Waals surface area contributed by atoms with E-state index < -0.39 is 0 Å². The van der Waals surface area contributed by atoms with Crippen molar-refractivity contribution < 1.29 is 0 Å². The molecule has 0 aliphatic rings. The van der Waals surface area contributed by atoms with Crippen LogP contribution in [0.3, 0.4) is 0 Å². The van der Waals surface area contributed by atoms with Crippen LogP contribution >= 0.6 is 11.3 Å². The summed E-state index contributed by atoms with van der Waals surface area (Å²) >= 11 is 1.60. The van der Waals surface area contributed by atoms with E-state index in [4.69, 9.17) is 5.73 Å². The fourth-order valence-electron chi connectivity index (χ4n) is 1.86. The molecule has 1 aromatic carbocycles. The second-order valence-electron chi connectivity index (χ2n) is 4.59. The summed E-state index contributed by atoms with van der Waals surface area (Å²) in [6, 6.07) is 6.21. The Morgan fingerprint density at radius 3 is 2.53 bits per heavy atom. The summed E-state index contributed by atoms with van der Waals surface area (Å²) in [6.45, 7) is 6.61. The molecule has 0 bridgehead atoms. The number of benzene rings is 1. The molecule has 0 amide bonds. The molecule has 2 rings (SSSR count). The predicted molar refractivity (Wildman–Crippen MR) is 81.7 cm³/mol. The van der Waals surface area contributed by atoms with E-state index in [1.807, 2.05) is 24.4 Å². The van der Waals surface area contributed by atoms with Gasteiger partial charge in [-0.3, -0.25) is 0 Å². The highest BCUT2D eigenvalue weighted by atomic mass is 32.1. The Hall–Kier alpha value is -1.88. The summed E-state index contributed by atoms with van der Waals surface area (Å²) in [4.78, 5) is 8.64. The van der Waals surface area contributed by atoms with Gasteiger partial charge in [0, 0.05) is 16.8 Å². The minimum absolute atomic E-state index is 0.415. The quantitative estimate of drug-likeness (QED) is 0.668. The van der Waals surface area contributed by atoms with Crippen LogP contribution in [0.15, 0.2) is 28.6 Å². The van der Waals surface area contributed by atoms with Crippen LogP contribution in [0.1, 0.15) is 21.8 Å². The van der Waals surface area contributed by atoms with Crippen molar-refractivity contribution in [2.24, 2.45) is 10.7 Å². The van der Waals surface area contributed by atoms with Crippen molar-refractivity contribution in [1.29, 1.82) is 0 Å². The zero-order valence-corrected chi connectivity index (χ0v) is 12.2. The summed E-state index contributed by atoms with van der Waals surface area (Å²) in [5.41, 5.74) is 10.3. The molecule has 1 aromatic heterocycles. The maximum absolute atomic E-state index is 5.88. The van der Waals surface area contributed by atoms with Crippen LogP contribution in [-0.4, -0.2) is 10.9 Å². The van der Waals surface area contributed by atoms with Crippen molar-refractivity contribution in [3.8, 4) is 0 Å². The Morgan fingerprint density at radius 1 is 1.26 bits per heavy atom. The molecule has 0 atom stereocenters. The number of guanidine groups is 1. The lowest BCUT2D eigenvalue weighted by atomic mass is 10.1. The number of aryl methyl sites for hydroxylation is 3. The first-order valence-corrected chi connectivity index (χ1v) is 6.97. The number of nitrogens with one attached hydrogen (secondary N) is 1. The molecule has 0 fully saturated rings. The number of aromatic nitrogens is 1.